The van der Waals surface area contributed by atoms with Crippen molar-refractivity contribution in [2.75, 3.05) is 0 Å². The molecule has 0 aromatic heterocycles. The Morgan fingerprint density at radius 3 is 2.20 bits per heavy atom. The van der Waals surface area contributed by atoms with Crippen molar-refractivity contribution in [1.82, 2.24) is 0 Å². The summed E-state index contributed by atoms with van der Waals surface area (Å²) < 4.78 is 11.5. The van der Waals surface area contributed by atoms with Crippen molar-refractivity contribution in [2.24, 2.45) is 0 Å². The Morgan fingerprint density at radius 2 is 1.80 bits per heavy atom. The zero-order valence-corrected chi connectivity index (χ0v) is 8.04. The van der Waals surface area contributed by atoms with E-state index in [1.54, 1.807) is 24.3 Å². The smallest absolute Gasteiger partial charge is 0.156 e. The van der Waals surface area contributed by atoms with Crippen LogP contribution in [-0.2, 0) is 4.57 Å². The van der Waals surface area contributed by atoms with Crippen molar-refractivity contribution in [3.8, 4) is 0 Å². The summed E-state index contributed by atoms with van der Waals surface area (Å²) in [4.78, 5) is 8.62. The molecule has 1 aromatic rings. The summed E-state index contributed by atoms with van der Waals surface area (Å²) in [5.74, 6) is 0. The van der Waals surface area contributed by atoms with E-state index >= 15 is 0 Å². The second kappa shape index (κ2) is 3.42. The van der Waals surface area contributed by atoms with Crippen molar-refractivity contribution >= 4 is 35.9 Å². The Labute approximate surface area is 73.3 Å². The van der Waals surface area contributed by atoms with Crippen LogP contribution in [0.25, 0.3) is 0 Å². The fourth-order valence-corrected chi connectivity index (χ4v) is 1.33. The van der Waals surface area contributed by atoms with Crippen LogP contribution in [0.3, 0.4) is 0 Å². The van der Waals surface area contributed by atoms with Gasteiger partial charge < -0.3 is 0 Å². The lowest BCUT2D eigenvalue weighted by atomic mass is 10.4. The van der Waals surface area contributed by atoms with E-state index in [9.17, 15) is 4.57 Å². The summed E-state index contributed by atoms with van der Waals surface area (Å²) in [6, 6.07) is 6.92. The standard InChI is InChI=1S/C6H4IO2P/c7-5-1-3-6(4-2-5)10(8)9/h1-4H/p+1. The first-order valence-electron chi connectivity index (χ1n) is 2.62. The van der Waals surface area contributed by atoms with Gasteiger partial charge in [0, 0.05) is 3.57 Å². The molecule has 1 N–H and O–H groups in total. The van der Waals surface area contributed by atoms with Gasteiger partial charge in [-0.15, -0.1) is 0 Å². The average molecular weight is 267 g/mol. The maximum Gasteiger partial charge on any atom is 0.546 e. The first-order chi connectivity index (χ1) is 4.70. The van der Waals surface area contributed by atoms with Crippen molar-refractivity contribution in [3.63, 3.8) is 0 Å². The molecule has 0 saturated heterocycles. The first kappa shape index (κ1) is 8.11. The maximum absolute atomic E-state index is 10.5. The molecule has 0 amide bonds. The highest BCUT2D eigenvalue weighted by atomic mass is 127. The second-order valence-electron chi connectivity index (χ2n) is 1.75. The summed E-state index contributed by atoms with van der Waals surface area (Å²) in [5, 5.41) is 0.482. The maximum atomic E-state index is 10.5. The largest absolute Gasteiger partial charge is 0.546 e. The van der Waals surface area contributed by atoms with E-state index in [1.807, 2.05) is 0 Å². The number of hydrogen-bond acceptors (Lipinski definition) is 1. The van der Waals surface area contributed by atoms with Crippen LogP contribution in [0.15, 0.2) is 24.3 Å². The summed E-state index contributed by atoms with van der Waals surface area (Å²) in [6.07, 6.45) is 0. The number of halogens is 1. The van der Waals surface area contributed by atoms with Crippen LogP contribution in [0, 0.1) is 3.57 Å². The minimum absolute atomic E-state index is 0.482. The van der Waals surface area contributed by atoms with Gasteiger partial charge in [0.25, 0.3) is 0 Å². The molecule has 0 spiro atoms. The fraction of sp³-hybridized carbons (Fsp3) is 0. The molecule has 0 aliphatic rings. The van der Waals surface area contributed by atoms with Crippen molar-refractivity contribution < 1.29 is 9.46 Å². The first-order valence-corrected chi connectivity index (χ1v) is 4.91. The van der Waals surface area contributed by atoms with Crippen molar-refractivity contribution in [3.05, 3.63) is 27.8 Å². The Bertz CT molecular complexity index is 244. The number of hydrogen-bond donors (Lipinski definition) is 1. The van der Waals surface area contributed by atoms with Crippen LogP contribution in [0.1, 0.15) is 0 Å². The molecule has 2 nitrogen and oxygen atoms in total. The third-order valence-electron chi connectivity index (χ3n) is 1.05. The summed E-state index contributed by atoms with van der Waals surface area (Å²) in [6.45, 7) is 0. The average Bonchev–Trinajstić information content (AvgIpc) is 1.88. The fourth-order valence-electron chi connectivity index (χ4n) is 0.569. The molecule has 4 heteroatoms. The van der Waals surface area contributed by atoms with E-state index < -0.39 is 8.03 Å². The molecule has 0 fully saturated rings. The predicted octanol–water partition coefficient (Wildman–Crippen LogP) is 1.65. The van der Waals surface area contributed by atoms with Crippen molar-refractivity contribution in [2.45, 2.75) is 0 Å². The van der Waals surface area contributed by atoms with E-state index in [1.165, 1.54) is 0 Å². The lowest BCUT2D eigenvalue weighted by molar-refractivity contribution is 0.513. The van der Waals surface area contributed by atoms with Crippen LogP contribution < -0.4 is 5.30 Å². The van der Waals surface area contributed by atoms with E-state index in [0.717, 1.165) is 3.57 Å². The number of rotatable bonds is 1. The third kappa shape index (κ3) is 2.01. The molecule has 1 rings (SSSR count). The van der Waals surface area contributed by atoms with Crippen LogP contribution in [0.5, 0.6) is 0 Å². The molecule has 0 aliphatic carbocycles. The Kier molecular flexibility index (Phi) is 2.77. The Hall–Kier alpha value is 0.01000. The van der Waals surface area contributed by atoms with Crippen LogP contribution in [-0.4, -0.2) is 4.89 Å². The lowest BCUT2D eigenvalue weighted by Gasteiger charge is -1.83. The molecular weight excluding hydrogens is 262 g/mol. The summed E-state index contributed by atoms with van der Waals surface area (Å²) in [5.41, 5.74) is 0. The predicted molar refractivity (Wildman–Crippen MR) is 48.6 cm³/mol. The van der Waals surface area contributed by atoms with Gasteiger partial charge in [-0.1, -0.05) is 0 Å². The van der Waals surface area contributed by atoms with Crippen LogP contribution in [0.4, 0.5) is 0 Å². The van der Waals surface area contributed by atoms with Gasteiger partial charge in [-0.3, -0.25) is 0 Å². The molecule has 0 saturated carbocycles. The van der Waals surface area contributed by atoms with Crippen LogP contribution >= 0.6 is 30.6 Å². The Morgan fingerprint density at radius 1 is 1.30 bits per heavy atom. The van der Waals surface area contributed by atoms with Gasteiger partial charge in [0.1, 0.15) is 0 Å². The Balaban J connectivity index is 3.00. The molecule has 10 heavy (non-hydrogen) atoms. The lowest BCUT2D eigenvalue weighted by Crippen LogP contribution is -1.93. The van der Waals surface area contributed by atoms with E-state index in [4.69, 9.17) is 4.89 Å². The van der Waals surface area contributed by atoms with Gasteiger partial charge >= 0.3 is 8.03 Å². The minimum atomic E-state index is -2.16. The summed E-state index contributed by atoms with van der Waals surface area (Å²) >= 11 is 2.14. The van der Waals surface area contributed by atoms with E-state index in [-0.39, 0.29) is 0 Å². The van der Waals surface area contributed by atoms with Gasteiger partial charge in [0.2, 0.25) is 5.30 Å². The minimum Gasteiger partial charge on any atom is -0.156 e. The van der Waals surface area contributed by atoms with Gasteiger partial charge in [0.05, 0.1) is 0 Å². The molecule has 1 aromatic carbocycles. The second-order valence-corrected chi connectivity index (χ2v) is 4.06. The van der Waals surface area contributed by atoms with Crippen molar-refractivity contribution in [1.29, 1.82) is 0 Å². The molecule has 1 unspecified atom stereocenters. The molecule has 0 aliphatic heterocycles. The van der Waals surface area contributed by atoms with Crippen LogP contribution in [0.2, 0.25) is 0 Å². The zero-order valence-electron chi connectivity index (χ0n) is 4.99. The van der Waals surface area contributed by atoms with Gasteiger partial charge in [-0.2, -0.15) is 4.89 Å². The molecule has 0 bridgehead atoms. The number of benzene rings is 1. The monoisotopic (exact) mass is 267 g/mol. The highest BCUT2D eigenvalue weighted by molar-refractivity contribution is 14.1. The third-order valence-corrected chi connectivity index (χ3v) is 2.51. The quantitative estimate of drug-likeness (QED) is 0.620. The summed E-state index contributed by atoms with van der Waals surface area (Å²) in [7, 11) is -2.16. The van der Waals surface area contributed by atoms with Gasteiger partial charge in [-0.05, 0) is 51.4 Å². The van der Waals surface area contributed by atoms with Gasteiger partial charge in [-0.25, -0.2) is 0 Å². The highest BCUT2D eigenvalue weighted by Crippen LogP contribution is 2.13. The van der Waals surface area contributed by atoms with Gasteiger partial charge in [0.15, 0.2) is 0 Å². The molecule has 0 heterocycles. The highest BCUT2D eigenvalue weighted by Gasteiger charge is 2.13. The van der Waals surface area contributed by atoms with E-state index in [2.05, 4.69) is 22.6 Å². The SMILES string of the molecule is O=[P+](O)c1ccc(I)cc1. The molecular formula is C6H5IO2P+. The molecule has 52 valence electrons. The molecule has 0 radical (unpaired) electrons. The molecule has 1 atom stereocenters. The topological polar surface area (TPSA) is 37.3 Å². The normalized spacial score (nSPS) is 11.2. The van der Waals surface area contributed by atoms with E-state index in [0.29, 0.717) is 5.30 Å². The zero-order chi connectivity index (χ0) is 7.56.